The first-order valence-corrected chi connectivity index (χ1v) is 7.28. The second-order valence-electron chi connectivity index (χ2n) is 6.42. The zero-order chi connectivity index (χ0) is 15.5. The fraction of sp³-hybridized carbons (Fsp3) is 0.316. The maximum atomic E-state index is 12.2. The third kappa shape index (κ3) is 4.19. The van der Waals surface area contributed by atoms with Gasteiger partial charge >= 0.3 is 0 Å². The summed E-state index contributed by atoms with van der Waals surface area (Å²) in [5.74, 6) is 0.409. The number of phenolic OH excluding ortho intramolecular Hbond substituents is 1. The lowest BCUT2D eigenvalue weighted by molar-refractivity contribution is 0.0983. The molecule has 0 amide bonds. The van der Waals surface area contributed by atoms with Crippen LogP contribution in [0.4, 0.5) is 0 Å². The summed E-state index contributed by atoms with van der Waals surface area (Å²) in [6.07, 6.45) is 1.18. The van der Waals surface area contributed by atoms with Crippen LogP contribution in [0, 0.1) is 0 Å². The van der Waals surface area contributed by atoms with Gasteiger partial charge < -0.3 is 5.11 Å². The van der Waals surface area contributed by atoms with Crippen molar-refractivity contribution in [1.82, 2.24) is 0 Å². The van der Waals surface area contributed by atoms with Crippen molar-refractivity contribution in [3.8, 4) is 5.75 Å². The Morgan fingerprint density at radius 2 is 1.52 bits per heavy atom. The zero-order valence-electron chi connectivity index (χ0n) is 12.9. The van der Waals surface area contributed by atoms with Crippen LogP contribution in [0.15, 0.2) is 48.5 Å². The van der Waals surface area contributed by atoms with Gasteiger partial charge in [-0.15, -0.1) is 0 Å². The van der Waals surface area contributed by atoms with E-state index in [1.165, 1.54) is 5.56 Å². The number of hydrogen-bond acceptors (Lipinski definition) is 2. The van der Waals surface area contributed by atoms with Gasteiger partial charge in [0.05, 0.1) is 0 Å². The van der Waals surface area contributed by atoms with E-state index in [-0.39, 0.29) is 16.9 Å². The Bertz CT molecular complexity index is 602. The first-order valence-electron chi connectivity index (χ1n) is 7.28. The number of carbonyl (C=O) groups excluding carboxylic acids is 1. The highest BCUT2D eigenvalue weighted by molar-refractivity contribution is 5.96. The number of Topliss-reactive ketones (excluding diaryl/α,β-unsaturated/α-hetero) is 1. The minimum atomic E-state index is 0.105. The molecule has 0 heterocycles. The number of phenols is 1. The van der Waals surface area contributed by atoms with Gasteiger partial charge in [0.1, 0.15) is 5.75 Å². The number of benzene rings is 2. The number of aryl methyl sites for hydroxylation is 1. The molecular weight excluding hydrogens is 260 g/mol. The summed E-state index contributed by atoms with van der Waals surface area (Å²) in [6.45, 7) is 6.48. The molecule has 0 aliphatic carbocycles. The van der Waals surface area contributed by atoms with Gasteiger partial charge in [0.25, 0.3) is 0 Å². The maximum Gasteiger partial charge on any atom is 0.163 e. The molecule has 2 heteroatoms. The number of ketones is 1. The summed E-state index contributed by atoms with van der Waals surface area (Å²) in [7, 11) is 0. The van der Waals surface area contributed by atoms with Crippen LogP contribution in [0.2, 0.25) is 0 Å². The molecule has 0 radical (unpaired) electrons. The first kappa shape index (κ1) is 15.3. The molecule has 2 aromatic rings. The fourth-order valence-electron chi connectivity index (χ4n) is 2.22. The summed E-state index contributed by atoms with van der Waals surface area (Å²) in [5.41, 5.74) is 3.17. The van der Waals surface area contributed by atoms with Crippen LogP contribution in [-0.2, 0) is 11.8 Å². The van der Waals surface area contributed by atoms with E-state index in [1.807, 2.05) is 36.4 Å². The van der Waals surface area contributed by atoms with Crippen molar-refractivity contribution >= 4 is 5.78 Å². The van der Waals surface area contributed by atoms with E-state index in [4.69, 9.17) is 0 Å². The largest absolute Gasteiger partial charge is 0.508 e. The van der Waals surface area contributed by atoms with E-state index in [0.717, 1.165) is 11.1 Å². The molecule has 0 fully saturated rings. The quantitative estimate of drug-likeness (QED) is 0.838. The SMILES string of the molecule is CC(C)(C)c1ccc(C(=O)CCc2ccc(O)cc2)cc1. The molecule has 1 N–H and O–H groups in total. The summed E-state index contributed by atoms with van der Waals surface area (Å²) in [4.78, 5) is 12.2. The summed E-state index contributed by atoms with van der Waals surface area (Å²) in [6, 6.07) is 14.9. The Hall–Kier alpha value is -2.09. The van der Waals surface area contributed by atoms with Crippen molar-refractivity contribution < 1.29 is 9.90 Å². The molecule has 0 aliphatic heterocycles. The van der Waals surface area contributed by atoms with Crippen LogP contribution in [0.1, 0.15) is 48.7 Å². The predicted molar refractivity (Wildman–Crippen MR) is 85.9 cm³/mol. The van der Waals surface area contributed by atoms with Crippen LogP contribution in [-0.4, -0.2) is 10.9 Å². The third-order valence-electron chi connectivity index (χ3n) is 3.65. The molecule has 0 aromatic heterocycles. The van der Waals surface area contributed by atoms with E-state index >= 15 is 0 Å². The van der Waals surface area contributed by atoms with Gasteiger partial charge in [-0.3, -0.25) is 4.79 Å². The van der Waals surface area contributed by atoms with Crippen molar-refractivity contribution in [2.75, 3.05) is 0 Å². The molecule has 2 aromatic carbocycles. The Morgan fingerprint density at radius 1 is 0.952 bits per heavy atom. The van der Waals surface area contributed by atoms with Crippen LogP contribution in [0.5, 0.6) is 5.75 Å². The monoisotopic (exact) mass is 282 g/mol. The molecule has 0 unspecified atom stereocenters. The van der Waals surface area contributed by atoms with E-state index in [0.29, 0.717) is 12.8 Å². The molecule has 110 valence electrons. The smallest absolute Gasteiger partial charge is 0.163 e. The fourth-order valence-corrected chi connectivity index (χ4v) is 2.22. The van der Waals surface area contributed by atoms with E-state index in [9.17, 15) is 9.90 Å². The first-order chi connectivity index (χ1) is 9.86. The van der Waals surface area contributed by atoms with Crippen molar-refractivity contribution in [3.63, 3.8) is 0 Å². The highest BCUT2D eigenvalue weighted by Gasteiger charge is 2.14. The van der Waals surface area contributed by atoms with Gasteiger partial charge in [-0.1, -0.05) is 57.2 Å². The van der Waals surface area contributed by atoms with Gasteiger partial charge in [-0.05, 0) is 35.1 Å². The third-order valence-corrected chi connectivity index (χ3v) is 3.65. The zero-order valence-corrected chi connectivity index (χ0v) is 12.9. The average Bonchev–Trinajstić information content (AvgIpc) is 2.45. The Balaban J connectivity index is 1.99. The molecule has 0 spiro atoms. The van der Waals surface area contributed by atoms with Gasteiger partial charge in [0.2, 0.25) is 0 Å². The molecule has 0 bridgehead atoms. The summed E-state index contributed by atoms with van der Waals surface area (Å²) >= 11 is 0. The Morgan fingerprint density at radius 3 is 2.05 bits per heavy atom. The summed E-state index contributed by atoms with van der Waals surface area (Å²) < 4.78 is 0. The van der Waals surface area contributed by atoms with Gasteiger partial charge in [-0.25, -0.2) is 0 Å². The molecule has 0 saturated heterocycles. The Labute approximate surface area is 126 Å². The topological polar surface area (TPSA) is 37.3 Å². The number of rotatable bonds is 4. The lowest BCUT2D eigenvalue weighted by Crippen LogP contribution is -2.11. The summed E-state index contributed by atoms with van der Waals surface area (Å²) in [5, 5.41) is 9.24. The second kappa shape index (κ2) is 6.13. The van der Waals surface area contributed by atoms with Crippen LogP contribution >= 0.6 is 0 Å². The van der Waals surface area contributed by atoms with E-state index in [2.05, 4.69) is 20.8 Å². The molecule has 21 heavy (non-hydrogen) atoms. The lowest BCUT2D eigenvalue weighted by Gasteiger charge is -2.19. The standard InChI is InChI=1S/C19H22O2/c1-19(2,3)16-9-7-15(8-10-16)18(21)13-6-14-4-11-17(20)12-5-14/h4-5,7-12,20H,6,13H2,1-3H3. The van der Waals surface area contributed by atoms with Gasteiger partial charge in [-0.2, -0.15) is 0 Å². The van der Waals surface area contributed by atoms with Crippen molar-refractivity contribution in [2.45, 2.75) is 39.0 Å². The second-order valence-corrected chi connectivity index (χ2v) is 6.42. The lowest BCUT2D eigenvalue weighted by atomic mass is 9.86. The maximum absolute atomic E-state index is 12.2. The Kier molecular flexibility index (Phi) is 4.46. The van der Waals surface area contributed by atoms with Crippen LogP contribution in [0.25, 0.3) is 0 Å². The molecule has 0 atom stereocenters. The highest BCUT2D eigenvalue weighted by Crippen LogP contribution is 2.22. The van der Waals surface area contributed by atoms with Crippen molar-refractivity contribution in [3.05, 3.63) is 65.2 Å². The van der Waals surface area contributed by atoms with E-state index in [1.54, 1.807) is 12.1 Å². The normalized spacial score (nSPS) is 11.4. The molecule has 0 saturated carbocycles. The van der Waals surface area contributed by atoms with Crippen LogP contribution in [0.3, 0.4) is 0 Å². The highest BCUT2D eigenvalue weighted by atomic mass is 16.3. The number of aromatic hydroxyl groups is 1. The van der Waals surface area contributed by atoms with E-state index < -0.39 is 0 Å². The molecule has 2 rings (SSSR count). The minimum absolute atomic E-state index is 0.105. The average molecular weight is 282 g/mol. The minimum Gasteiger partial charge on any atom is -0.508 e. The number of hydrogen-bond donors (Lipinski definition) is 1. The molecule has 0 aliphatic rings. The molecule has 2 nitrogen and oxygen atoms in total. The number of carbonyl (C=O) groups is 1. The van der Waals surface area contributed by atoms with Gasteiger partial charge in [0.15, 0.2) is 5.78 Å². The van der Waals surface area contributed by atoms with Crippen LogP contribution < -0.4 is 0 Å². The van der Waals surface area contributed by atoms with Crippen molar-refractivity contribution in [1.29, 1.82) is 0 Å². The predicted octanol–water partition coefficient (Wildman–Crippen LogP) is 4.51. The van der Waals surface area contributed by atoms with Crippen molar-refractivity contribution in [2.24, 2.45) is 0 Å². The molecular formula is C19H22O2. The van der Waals surface area contributed by atoms with Gasteiger partial charge in [0, 0.05) is 12.0 Å².